The molecule has 0 aliphatic carbocycles. The molecule has 0 unspecified atom stereocenters. The number of likely N-dealkylation sites (N-methyl/N-ethyl adjacent to an activating group) is 1. The maximum Gasteiger partial charge on any atom is 0.255 e. The highest BCUT2D eigenvalue weighted by molar-refractivity contribution is 6.05. The molecule has 3 rings (SSSR count). The second kappa shape index (κ2) is 9.19. The molecule has 2 aromatic rings. The smallest absolute Gasteiger partial charge is 0.255 e. The molecule has 5 nitrogen and oxygen atoms in total. The summed E-state index contributed by atoms with van der Waals surface area (Å²) in [5.74, 6) is -0.0850. The Bertz CT molecular complexity index is 893. The molecule has 0 radical (unpaired) electrons. The lowest BCUT2D eigenvalue weighted by Gasteiger charge is -2.32. The Kier molecular flexibility index (Phi) is 6.84. The molecule has 2 N–H and O–H groups in total. The van der Waals surface area contributed by atoms with Gasteiger partial charge in [-0.1, -0.05) is 12.1 Å². The molecular formula is C25H36N4O. The maximum atomic E-state index is 12.8. The minimum Gasteiger partial charge on any atom is -0.380 e. The third-order valence-corrected chi connectivity index (χ3v) is 5.60. The van der Waals surface area contributed by atoms with E-state index >= 15 is 0 Å². The zero-order valence-electron chi connectivity index (χ0n) is 19.3. The summed E-state index contributed by atoms with van der Waals surface area (Å²) >= 11 is 0. The van der Waals surface area contributed by atoms with Gasteiger partial charge in [-0.15, -0.1) is 0 Å². The van der Waals surface area contributed by atoms with Gasteiger partial charge in [-0.3, -0.25) is 9.69 Å². The fourth-order valence-electron chi connectivity index (χ4n) is 3.70. The number of benzene rings is 2. The van der Waals surface area contributed by atoms with Gasteiger partial charge in [0.25, 0.3) is 5.91 Å². The highest BCUT2D eigenvalue weighted by Crippen LogP contribution is 2.23. The van der Waals surface area contributed by atoms with Gasteiger partial charge < -0.3 is 15.5 Å². The molecule has 1 fully saturated rings. The molecule has 0 atom stereocenters. The molecule has 2 aromatic carbocycles. The van der Waals surface area contributed by atoms with Crippen LogP contribution < -0.4 is 10.6 Å². The number of piperazine rings is 1. The Morgan fingerprint density at radius 1 is 0.967 bits per heavy atom. The molecule has 0 saturated carbocycles. The van der Waals surface area contributed by atoms with E-state index in [-0.39, 0.29) is 11.4 Å². The van der Waals surface area contributed by atoms with Crippen molar-refractivity contribution in [2.45, 2.75) is 46.7 Å². The van der Waals surface area contributed by atoms with Crippen LogP contribution in [0.4, 0.5) is 11.4 Å². The van der Waals surface area contributed by atoms with Crippen molar-refractivity contribution in [3.05, 3.63) is 58.7 Å². The van der Waals surface area contributed by atoms with E-state index in [9.17, 15) is 4.79 Å². The summed E-state index contributed by atoms with van der Waals surface area (Å²) in [4.78, 5) is 17.7. The van der Waals surface area contributed by atoms with Gasteiger partial charge in [0.05, 0.1) is 0 Å². The second-order valence-corrected chi connectivity index (χ2v) is 9.58. The molecule has 1 saturated heterocycles. The Morgan fingerprint density at radius 3 is 2.30 bits per heavy atom. The number of aryl methyl sites for hydroxylation is 2. The van der Waals surface area contributed by atoms with E-state index in [1.54, 1.807) is 0 Å². The van der Waals surface area contributed by atoms with Crippen LogP contribution in [0.3, 0.4) is 0 Å². The van der Waals surface area contributed by atoms with Crippen LogP contribution in [0.1, 0.15) is 47.8 Å². The molecular weight excluding hydrogens is 372 g/mol. The number of hydrogen-bond donors (Lipinski definition) is 2. The van der Waals surface area contributed by atoms with Crippen molar-refractivity contribution >= 4 is 17.3 Å². The lowest BCUT2D eigenvalue weighted by atomic mass is 10.0. The van der Waals surface area contributed by atoms with Gasteiger partial charge in [-0.05, 0) is 82.6 Å². The number of anilines is 2. The molecule has 30 heavy (non-hydrogen) atoms. The van der Waals surface area contributed by atoms with Crippen LogP contribution in [0, 0.1) is 13.8 Å². The molecule has 1 aliphatic rings. The number of carbonyl (C=O) groups excluding carboxylic acids is 1. The lowest BCUT2D eigenvalue weighted by Crippen LogP contribution is -2.43. The first-order valence-corrected chi connectivity index (χ1v) is 10.8. The molecule has 162 valence electrons. The number of nitrogens with zero attached hydrogens (tertiary/aromatic N) is 2. The number of nitrogens with one attached hydrogen (secondary N) is 2. The van der Waals surface area contributed by atoms with Crippen molar-refractivity contribution in [3.63, 3.8) is 0 Å². The summed E-state index contributed by atoms with van der Waals surface area (Å²) in [6.45, 7) is 15.9. The van der Waals surface area contributed by atoms with Crippen LogP contribution in [0.2, 0.25) is 0 Å². The van der Waals surface area contributed by atoms with Crippen LogP contribution in [0.25, 0.3) is 0 Å². The molecule has 0 spiro atoms. The lowest BCUT2D eigenvalue weighted by molar-refractivity contribution is 0.102. The van der Waals surface area contributed by atoms with E-state index in [1.165, 1.54) is 11.1 Å². The van der Waals surface area contributed by atoms with Gasteiger partial charge in [0.15, 0.2) is 0 Å². The average Bonchev–Trinajstić information content (AvgIpc) is 2.66. The number of carbonyl (C=O) groups is 1. The van der Waals surface area contributed by atoms with Gasteiger partial charge in [0.2, 0.25) is 0 Å². The quantitative estimate of drug-likeness (QED) is 0.764. The van der Waals surface area contributed by atoms with Crippen molar-refractivity contribution < 1.29 is 4.79 Å². The molecule has 1 aliphatic heterocycles. The first-order valence-electron chi connectivity index (χ1n) is 10.8. The number of amides is 1. The largest absolute Gasteiger partial charge is 0.380 e. The third kappa shape index (κ3) is 6.07. The molecule has 0 aromatic heterocycles. The van der Waals surface area contributed by atoms with Gasteiger partial charge in [0, 0.05) is 55.2 Å². The molecule has 0 bridgehead atoms. The summed E-state index contributed by atoms with van der Waals surface area (Å²) in [5.41, 5.74) is 6.10. The van der Waals surface area contributed by atoms with Crippen molar-refractivity contribution in [2.24, 2.45) is 0 Å². The van der Waals surface area contributed by atoms with Crippen LogP contribution >= 0.6 is 0 Å². The molecule has 1 amide bonds. The zero-order valence-corrected chi connectivity index (χ0v) is 19.3. The predicted molar refractivity (Wildman–Crippen MR) is 126 cm³/mol. The van der Waals surface area contributed by atoms with Crippen molar-refractivity contribution in [2.75, 3.05) is 43.9 Å². The second-order valence-electron chi connectivity index (χ2n) is 9.58. The minimum absolute atomic E-state index is 0.0590. The van der Waals surface area contributed by atoms with Crippen LogP contribution in [-0.4, -0.2) is 54.5 Å². The van der Waals surface area contributed by atoms with E-state index < -0.39 is 0 Å². The van der Waals surface area contributed by atoms with Gasteiger partial charge >= 0.3 is 0 Å². The third-order valence-electron chi connectivity index (χ3n) is 5.60. The summed E-state index contributed by atoms with van der Waals surface area (Å²) in [5, 5.41) is 6.54. The van der Waals surface area contributed by atoms with E-state index in [4.69, 9.17) is 0 Å². The maximum absolute atomic E-state index is 12.8. The average molecular weight is 409 g/mol. The van der Waals surface area contributed by atoms with E-state index in [0.717, 1.165) is 49.7 Å². The fraction of sp³-hybridized carbons (Fsp3) is 0.480. The monoisotopic (exact) mass is 408 g/mol. The van der Waals surface area contributed by atoms with Gasteiger partial charge in [-0.2, -0.15) is 0 Å². The summed E-state index contributed by atoms with van der Waals surface area (Å²) in [6.07, 6.45) is 0. The van der Waals surface area contributed by atoms with Crippen LogP contribution in [0.15, 0.2) is 36.4 Å². The fourth-order valence-corrected chi connectivity index (χ4v) is 3.70. The van der Waals surface area contributed by atoms with Crippen molar-refractivity contribution in [1.29, 1.82) is 0 Å². The topological polar surface area (TPSA) is 47.6 Å². The first kappa shape index (κ1) is 22.3. The zero-order chi connectivity index (χ0) is 21.9. The summed E-state index contributed by atoms with van der Waals surface area (Å²) in [6, 6.07) is 12.0. The Balaban J connectivity index is 1.67. The minimum atomic E-state index is -0.0850. The van der Waals surface area contributed by atoms with Gasteiger partial charge in [-0.25, -0.2) is 0 Å². The molecule has 5 heteroatoms. The Morgan fingerprint density at radius 2 is 1.67 bits per heavy atom. The standard InChI is InChI=1S/C25H36N4O/c1-18-7-8-20(16-23(18)27-25(3,4)5)24(30)26-22-10-9-21(19(2)15-22)17-29-13-11-28(6)12-14-29/h7-10,15-16,27H,11-14,17H2,1-6H3,(H,26,30). The van der Waals surface area contributed by atoms with Crippen LogP contribution in [-0.2, 0) is 6.54 Å². The normalized spacial score (nSPS) is 15.8. The van der Waals surface area contributed by atoms with Gasteiger partial charge in [0.1, 0.15) is 0 Å². The van der Waals surface area contributed by atoms with E-state index in [1.807, 2.05) is 24.3 Å². The Hall–Kier alpha value is -2.37. The summed E-state index contributed by atoms with van der Waals surface area (Å²) < 4.78 is 0. The highest BCUT2D eigenvalue weighted by atomic mass is 16.1. The first-order chi connectivity index (χ1) is 14.1. The highest BCUT2D eigenvalue weighted by Gasteiger charge is 2.16. The number of hydrogen-bond acceptors (Lipinski definition) is 4. The summed E-state index contributed by atoms with van der Waals surface area (Å²) in [7, 11) is 2.18. The molecule has 1 heterocycles. The SMILES string of the molecule is Cc1cc(NC(=O)c2ccc(C)c(NC(C)(C)C)c2)ccc1CN1CCN(C)CC1. The number of rotatable bonds is 5. The van der Waals surface area contributed by atoms with Crippen molar-refractivity contribution in [1.82, 2.24) is 9.80 Å². The van der Waals surface area contributed by atoms with Crippen LogP contribution in [0.5, 0.6) is 0 Å². The van der Waals surface area contributed by atoms with Crippen molar-refractivity contribution in [3.8, 4) is 0 Å². The van der Waals surface area contributed by atoms with E-state index in [0.29, 0.717) is 5.56 Å². The predicted octanol–water partition coefficient (Wildman–Crippen LogP) is 4.51. The van der Waals surface area contributed by atoms with E-state index in [2.05, 4.69) is 74.2 Å². The Labute approximate surface area is 181 Å².